The van der Waals surface area contributed by atoms with Crippen LogP contribution in [0.4, 0.5) is 5.82 Å². The molecule has 0 bridgehead atoms. The van der Waals surface area contributed by atoms with Gasteiger partial charge in [-0.3, -0.25) is 23.5 Å². The number of ether oxygens (including phenoxy) is 1. The van der Waals surface area contributed by atoms with Crippen LogP contribution in [0.25, 0.3) is 10.8 Å². The van der Waals surface area contributed by atoms with Gasteiger partial charge in [0, 0.05) is 25.5 Å². The number of hydrogen-bond acceptors (Lipinski definition) is 8. The molecule has 2 heterocycles. The molecule has 192 valence electrons. The van der Waals surface area contributed by atoms with Gasteiger partial charge in [0.05, 0.1) is 5.39 Å². The Morgan fingerprint density at radius 3 is 2.31 bits per heavy atom. The minimum atomic E-state index is -0.917. The molecule has 2 aromatic heterocycles. The van der Waals surface area contributed by atoms with Crippen LogP contribution in [0.3, 0.4) is 0 Å². The van der Waals surface area contributed by atoms with Crippen molar-refractivity contribution in [1.29, 1.82) is 0 Å². The molecule has 11 heteroatoms. The number of ketones is 1. The first-order valence-corrected chi connectivity index (χ1v) is 12.0. The highest BCUT2D eigenvalue weighted by Crippen LogP contribution is 2.15. The molecule has 0 saturated carbocycles. The van der Waals surface area contributed by atoms with Gasteiger partial charge in [-0.05, 0) is 18.9 Å². The highest BCUT2D eigenvalue weighted by molar-refractivity contribution is 6.05. The van der Waals surface area contributed by atoms with E-state index in [-0.39, 0.29) is 23.6 Å². The summed E-state index contributed by atoms with van der Waals surface area (Å²) in [5.74, 6) is -2.03. The maximum Gasteiger partial charge on any atom is 0.359 e. The lowest BCUT2D eigenvalue weighted by molar-refractivity contribution is 0.0468. The van der Waals surface area contributed by atoms with Gasteiger partial charge in [-0.25, -0.2) is 14.3 Å². The maximum atomic E-state index is 13.0. The van der Waals surface area contributed by atoms with Crippen molar-refractivity contribution in [2.45, 2.75) is 59.0 Å². The smallest absolute Gasteiger partial charge is 0.359 e. The van der Waals surface area contributed by atoms with Crippen LogP contribution >= 0.6 is 0 Å². The van der Waals surface area contributed by atoms with E-state index in [4.69, 9.17) is 10.5 Å². The van der Waals surface area contributed by atoms with Crippen LogP contribution in [-0.4, -0.2) is 37.3 Å². The van der Waals surface area contributed by atoms with Crippen LogP contribution in [-0.2, 0) is 24.9 Å². The Balaban J connectivity index is 1.91. The number of benzene rings is 1. The van der Waals surface area contributed by atoms with E-state index in [1.165, 1.54) is 11.7 Å². The zero-order chi connectivity index (χ0) is 26.4. The molecule has 3 aromatic rings. The molecule has 0 unspecified atom stereocenters. The monoisotopic (exact) mass is 497 g/mol. The molecular formula is C25H31N5O6. The molecule has 2 N–H and O–H groups in total. The van der Waals surface area contributed by atoms with E-state index in [1.54, 1.807) is 24.3 Å². The number of rotatable bonds is 11. The molecule has 11 nitrogen and oxygen atoms in total. The summed E-state index contributed by atoms with van der Waals surface area (Å²) in [6.07, 6.45) is 4.25. The molecule has 0 spiro atoms. The van der Waals surface area contributed by atoms with Crippen molar-refractivity contribution in [1.82, 2.24) is 18.9 Å². The van der Waals surface area contributed by atoms with Crippen LogP contribution in [0.5, 0.6) is 0 Å². The van der Waals surface area contributed by atoms with Gasteiger partial charge < -0.3 is 10.5 Å². The van der Waals surface area contributed by atoms with E-state index < -0.39 is 35.2 Å². The summed E-state index contributed by atoms with van der Waals surface area (Å²) in [5.41, 5.74) is 3.63. The Bertz CT molecular complexity index is 1470. The van der Waals surface area contributed by atoms with E-state index in [9.17, 15) is 24.0 Å². The summed E-state index contributed by atoms with van der Waals surface area (Å²) in [6, 6.07) is 6.54. The summed E-state index contributed by atoms with van der Waals surface area (Å²) in [7, 11) is 1.25. The van der Waals surface area contributed by atoms with Crippen molar-refractivity contribution in [3.05, 3.63) is 66.7 Å². The molecule has 0 saturated heterocycles. The van der Waals surface area contributed by atoms with Crippen molar-refractivity contribution in [2.75, 3.05) is 12.3 Å². The van der Waals surface area contributed by atoms with Crippen molar-refractivity contribution < 1.29 is 14.3 Å². The minimum Gasteiger partial charge on any atom is -0.452 e. The van der Waals surface area contributed by atoms with Gasteiger partial charge in [0.1, 0.15) is 11.4 Å². The standard InChI is InChI=1S/C25H31N5O6/c1-4-6-7-10-14-30-22(32)17-12-9-8-11-16(17)20(27-30)24(34)36-15-18(31)19-21(26)29(13-5-2)25(35)28(3)23(19)33/h8-9,11-12H,4-7,10,13-15,26H2,1-3H3. The third kappa shape index (κ3) is 5.29. The van der Waals surface area contributed by atoms with Crippen LogP contribution in [0.1, 0.15) is 66.8 Å². The van der Waals surface area contributed by atoms with Crippen LogP contribution in [0, 0.1) is 0 Å². The fraction of sp³-hybridized carbons (Fsp3) is 0.440. The lowest BCUT2D eigenvalue weighted by Gasteiger charge is -2.14. The summed E-state index contributed by atoms with van der Waals surface area (Å²) in [6.45, 7) is 3.68. The van der Waals surface area contributed by atoms with Gasteiger partial charge in [-0.2, -0.15) is 5.10 Å². The number of hydrogen-bond donors (Lipinski definition) is 1. The van der Waals surface area contributed by atoms with Gasteiger partial charge in [-0.15, -0.1) is 0 Å². The molecule has 3 rings (SSSR count). The Hall–Kier alpha value is -4.02. The number of carbonyl (C=O) groups excluding carboxylic acids is 2. The Morgan fingerprint density at radius 2 is 1.64 bits per heavy atom. The van der Waals surface area contributed by atoms with Crippen LogP contribution in [0.2, 0.25) is 0 Å². The molecule has 0 aliphatic heterocycles. The highest BCUT2D eigenvalue weighted by Gasteiger charge is 2.24. The molecule has 0 fully saturated rings. The predicted molar refractivity (Wildman–Crippen MR) is 135 cm³/mol. The van der Waals surface area contributed by atoms with E-state index in [1.807, 2.05) is 6.92 Å². The average Bonchev–Trinajstić information content (AvgIpc) is 2.87. The number of fused-ring (bicyclic) bond motifs is 1. The quantitative estimate of drug-likeness (QED) is 0.240. The van der Waals surface area contributed by atoms with Crippen molar-refractivity contribution in [2.24, 2.45) is 7.05 Å². The number of aromatic nitrogens is 4. The van der Waals surface area contributed by atoms with Gasteiger partial charge in [-0.1, -0.05) is 51.3 Å². The molecule has 0 aliphatic rings. The number of nitrogen functional groups attached to an aromatic ring is 1. The molecule has 0 radical (unpaired) electrons. The maximum absolute atomic E-state index is 13.0. The van der Waals surface area contributed by atoms with Crippen LogP contribution in [0.15, 0.2) is 38.6 Å². The Labute approximate surface area is 207 Å². The number of anilines is 1. The lowest BCUT2D eigenvalue weighted by Crippen LogP contribution is -2.43. The molecule has 36 heavy (non-hydrogen) atoms. The molecule has 0 aliphatic carbocycles. The van der Waals surface area contributed by atoms with Crippen molar-refractivity contribution in [3.8, 4) is 0 Å². The molecule has 0 atom stereocenters. The van der Waals surface area contributed by atoms with Crippen LogP contribution < -0.4 is 22.5 Å². The fourth-order valence-corrected chi connectivity index (χ4v) is 3.98. The van der Waals surface area contributed by atoms with Gasteiger partial charge in [0.25, 0.3) is 11.1 Å². The molecular weight excluding hydrogens is 466 g/mol. The van der Waals surface area contributed by atoms with E-state index >= 15 is 0 Å². The normalized spacial score (nSPS) is 11.1. The first-order chi connectivity index (χ1) is 17.2. The number of Topliss-reactive ketones (excluding diaryl/α,β-unsaturated/α-hetero) is 1. The minimum absolute atomic E-state index is 0.106. The SMILES string of the molecule is CCCCCCn1nc(C(=O)OCC(=O)c2c(N)n(CCC)c(=O)n(C)c2=O)c2ccccc2c1=O. The predicted octanol–water partition coefficient (Wildman–Crippen LogP) is 1.87. The molecule has 0 amide bonds. The Kier molecular flexibility index (Phi) is 8.57. The van der Waals surface area contributed by atoms with E-state index in [0.717, 1.165) is 34.8 Å². The van der Waals surface area contributed by atoms with Gasteiger partial charge >= 0.3 is 11.7 Å². The number of nitrogens with two attached hydrogens (primary N) is 1. The summed E-state index contributed by atoms with van der Waals surface area (Å²) >= 11 is 0. The largest absolute Gasteiger partial charge is 0.452 e. The Morgan fingerprint density at radius 1 is 0.944 bits per heavy atom. The van der Waals surface area contributed by atoms with Gasteiger partial charge in [0.15, 0.2) is 12.3 Å². The zero-order valence-corrected chi connectivity index (χ0v) is 20.8. The van der Waals surface area contributed by atoms with Gasteiger partial charge in [0.2, 0.25) is 5.78 Å². The number of nitrogens with zero attached hydrogens (tertiary/aromatic N) is 4. The first-order valence-electron chi connectivity index (χ1n) is 12.0. The van der Waals surface area contributed by atoms with E-state index in [0.29, 0.717) is 23.7 Å². The topological polar surface area (TPSA) is 148 Å². The number of esters is 1. The number of aryl methyl sites for hydroxylation is 1. The first kappa shape index (κ1) is 26.6. The summed E-state index contributed by atoms with van der Waals surface area (Å²) in [4.78, 5) is 63.6. The summed E-state index contributed by atoms with van der Waals surface area (Å²) in [5, 5.41) is 4.84. The van der Waals surface area contributed by atoms with Crippen molar-refractivity contribution in [3.63, 3.8) is 0 Å². The second-order valence-electron chi connectivity index (χ2n) is 8.54. The number of unbranched alkanes of at least 4 members (excludes halogenated alkanes) is 3. The second kappa shape index (κ2) is 11.6. The third-order valence-electron chi connectivity index (χ3n) is 5.93. The zero-order valence-electron chi connectivity index (χ0n) is 20.8. The highest BCUT2D eigenvalue weighted by atomic mass is 16.5. The molecule has 1 aromatic carbocycles. The third-order valence-corrected chi connectivity index (χ3v) is 5.93. The summed E-state index contributed by atoms with van der Waals surface area (Å²) < 4.78 is 8.39. The van der Waals surface area contributed by atoms with Crippen molar-refractivity contribution >= 4 is 28.3 Å². The van der Waals surface area contributed by atoms with E-state index in [2.05, 4.69) is 12.0 Å². The second-order valence-corrected chi connectivity index (χ2v) is 8.54. The fourth-order valence-electron chi connectivity index (χ4n) is 3.98. The lowest BCUT2D eigenvalue weighted by atomic mass is 10.1. The average molecular weight is 498 g/mol. The number of carbonyl (C=O) groups is 2.